The predicted molar refractivity (Wildman–Crippen MR) is 88.7 cm³/mol. The first-order valence-corrected chi connectivity index (χ1v) is 7.92. The van der Waals surface area contributed by atoms with Gasteiger partial charge in [-0.25, -0.2) is 4.79 Å². The molecule has 5 heteroatoms. The van der Waals surface area contributed by atoms with Gasteiger partial charge in [-0.3, -0.25) is 4.79 Å². The molecule has 5 nitrogen and oxygen atoms in total. The van der Waals surface area contributed by atoms with E-state index in [0.29, 0.717) is 0 Å². The highest BCUT2D eigenvalue weighted by Gasteiger charge is 2.34. The van der Waals surface area contributed by atoms with Gasteiger partial charge in [-0.15, -0.1) is 0 Å². The zero-order valence-corrected chi connectivity index (χ0v) is 14.8. The monoisotopic (exact) mass is 321 g/mol. The van der Waals surface area contributed by atoms with Gasteiger partial charge in [0.25, 0.3) is 0 Å². The molecule has 0 heterocycles. The fourth-order valence-corrected chi connectivity index (χ4v) is 2.18. The number of nitrogens with zero attached hydrogens (tertiary/aromatic N) is 1. The van der Waals surface area contributed by atoms with Crippen LogP contribution in [-0.4, -0.2) is 30.3 Å². The van der Waals surface area contributed by atoms with Gasteiger partial charge in [0, 0.05) is 14.0 Å². The molecule has 1 amide bonds. The highest BCUT2D eigenvalue weighted by molar-refractivity contribution is 5.72. The average Bonchev–Trinajstić information content (AvgIpc) is 2.53. The maximum Gasteiger partial charge on any atom is 0.413 e. The van der Waals surface area contributed by atoms with E-state index in [1.54, 1.807) is 25.8 Å². The topological polar surface area (TPSA) is 55.8 Å². The molecule has 0 aliphatic carbocycles. The molecule has 0 fully saturated rings. The van der Waals surface area contributed by atoms with E-state index in [1.165, 1.54) is 6.92 Å². The van der Waals surface area contributed by atoms with Crippen molar-refractivity contribution in [3.05, 3.63) is 35.9 Å². The first-order chi connectivity index (χ1) is 10.7. The van der Waals surface area contributed by atoms with Crippen molar-refractivity contribution in [3.63, 3.8) is 0 Å². The normalized spacial score (nSPS) is 14.7. The summed E-state index contributed by atoms with van der Waals surface area (Å²) in [6, 6.07) is 9.78. The number of benzene rings is 1. The molecule has 0 saturated carbocycles. The number of hydrogen-bond donors (Lipinski definition) is 0. The standard InChI is InChI=1S/C18H27NO4/c1-7-18(5,15-11-9-8-10-12-15)19(6)17(21)23-14(4)22-16(20)13(2)3/h8-14H,7H2,1-6H3/t14?,18-/m0/s1. The Balaban J connectivity index is 2.80. The van der Waals surface area contributed by atoms with Crippen LogP contribution in [-0.2, 0) is 19.8 Å². The maximum atomic E-state index is 12.4. The lowest BCUT2D eigenvalue weighted by molar-refractivity contribution is -0.170. The number of carbonyl (C=O) groups excluding carboxylic acids is 2. The lowest BCUT2D eigenvalue weighted by Crippen LogP contribution is -2.46. The van der Waals surface area contributed by atoms with Crippen molar-refractivity contribution in [2.75, 3.05) is 7.05 Å². The van der Waals surface area contributed by atoms with Gasteiger partial charge in [0.1, 0.15) is 0 Å². The molecule has 0 saturated heterocycles. The van der Waals surface area contributed by atoms with Crippen LogP contribution in [0.1, 0.15) is 46.6 Å². The summed E-state index contributed by atoms with van der Waals surface area (Å²) < 4.78 is 10.3. The fraction of sp³-hybridized carbons (Fsp3) is 0.556. The van der Waals surface area contributed by atoms with Crippen molar-refractivity contribution in [1.29, 1.82) is 0 Å². The minimum Gasteiger partial charge on any atom is -0.425 e. The Hall–Kier alpha value is -2.04. The molecule has 2 atom stereocenters. The zero-order valence-electron chi connectivity index (χ0n) is 14.8. The van der Waals surface area contributed by atoms with Gasteiger partial charge in [-0.1, -0.05) is 51.1 Å². The molecule has 23 heavy (non-hydrogen) atoms. The van der Waals surface area contributed by atoms with Crippen LogP contribution >= 0.6 is 0 Å². The Morgan fingerprint density at radius 1 is 1.13 bits per heavy atom. The molecule has 1 rings (SSSR count). The SMILES string of the molecule is CC[C@@](C)(c1ccccc1)N(C)C(=O)OC(C)OC(=O)C(C)C. The minimum atomic E-state index is -0.920. The highest BCUT2D eigenvalue weighted by atomic mass is 16.7. The Morgan fingerprint density at radius 2 is 1.70 bits per heavy atom. The molecule has 128 valence electrons. The summed E-state index contributed by atoms with van der Waals surface area (Å²) in [6.07, 6.45) is -0.720. The van der Waals surface area contributed by atoms with Crippen molar-refractivity contribution in [2.45, 2.75) is 52.9 Å². The molecule has 0 bridgehead atoms. The van der Waals surface area contributed by atoms with Crippen LogP contribution in [0.15, 0.2) is 30.3 Å². The van der Waals surface area contributed by atoms with Crippen LogP contribution in [0.3, 0.4) is 0 Å². The van der Waals surface area contributed by atoms with Crippen LogP contribution in [0.5, 0.6) is 0 Å². The largest absolute Gasteiger partial charge is 0.425 e. The molecule has 0 spiro atoms. The van der Waals surface area contributed by atoms with Gasteiger partial charge in [-0.05, 0) is 18.9 Å². The van der Waals surface area contributed by atoms with Crippen LogP contribution in [0, 0.1) is 5.92 Å². The van der Waals surface area contributed by atoms with E-state index < -0.39 is 23.9 Å². The van der Waals surface area contributed by atoms with E-state index in [2.05, 4.69) is 0 Å². The first-order valence-electron chi connectivity index (χ1n) is 7.92. The Morgan fingerprint density at radius 3 is 2.17 bits per heavy atom. The van der Waals surface area contributed by atoms with Gasteiger partial charge >= 0.3 is 12.1 Å². The number of carbonyl (C=O) groups is 2. The second-order valence-electron chi connectivity index (χ2n) is 6.10. The number of amides is 1. The molecule has 0 aromatic heterocycles. The molecule has 0 N–H and O–H groups in total. The Kier molecular flexibility index (Phi) is 6.61. The number of hydrogen-bond acceptors (Lipinski definition) is 4. The second kappa shape index (κ2) is 7.99. The smallest absolute Gasteiger partial charge is 0.413 e. The predicted octanol–water partition coefficient (Wildman–Crippen LogP) is 3.93. The fourth-order valence-electron chi connectivity index (χ4n) is 2.18. The summed E-state index contributed by atoms with van der Waals surface area (Å²) in [5, 5.41) is 0. The average molecular weight is 321 g/mol. The van der Waals surface area contributed by atoms with Crippen molar-refractivity contribution >= 4 is 12.1 Å². The first kappa shape index (κ1) is 19.0. The van der Waals surface area contributed by atoms with E-state index >= 15 is 0 Å². The van der Waals surface area contributed by atoms with E-state index in [9.17, 15) is 9.59 Å². The van der Waals surface area contributed by atoms with Gasteiger partial charge in [0.2, 0.25) is 6.29 Å². The molecule has 0 aliphatic heterocycles. The minimum absolute atomic E-state index is 0.265. The summed E-state index contributed by atoms with van der Waals surface area (Å²) >= 11 is 0. The third kappa shape index (κ3) is 4.71. The lowest BCUT2D eigenvalue weighted by Gasteiger charge is -2.38. The van der Waals surface area contributed by atoms with Crippen LogP contribution in [0.25, 0.3) is 0 Å². The third-order valence-electron chi connectivity index (χ3n) is 4.12. The van der Waals surface area contributed by atoms with E-state index in [-0.39, 0.29) is 5.92 Å². The molecule has 1 unspecified atom stereocenters. The van der Waals surface area contributed by atoms with Crippen molar-refractivity contribution in [1.82, 2.24) is 4.90 Å². The molecule has 0 aliphatic rings. The van der Waals surface area contributed by atoms with Gasteiger partial charge in [0.05, 0.1) is 11.5 Å². The van der Waals surface area contributed by atoms with Crippen molar-refractivity contribution in [2.24, 2.45) is 5.92 Å². The molecular formula is C18H27NO4. The van der Waals surface area contributed by atoms with Crippen LogP contribution < -0.4 is 0 Å². The van der Waals surface area contributed by atoms with Gasteiger partial charge < -0.3 is 14.4 Å². The van der Waals surface area contributed by atoms with Crippen molar-refractivity contribution in [3.8, 4) is 0 Å². The zero-order chi connectivity index (χ0) is 17.6. The summed E-state index contributed by atoms with van der Waals surface area (Å²) in [5.74, 6) is -0.659. The number of rotatable bonds is 6. The lowest BCUT2D eigenvalue weighted by atomic mass is 9.88. The molecule has 1 aromatic rings. The summed E-state index contributed by atoms with van der Waals surface area (Å²) in [7, 11) is 1.69. The summed E-state index contributed by atoms with van der Waals surface area (Å²) in [4.78, 5) is 25.5. The molecular weight excluding hydrogens is 294 g/mol. The van der Waals surface area contributed by atoms with E-state index in [4.69, 9.17) is 9.47 Å². The third-order valence-corrected chi connectivity index (χ3v) is 4.12. The Bertz CT molecular complexity index is 529. The maximum absolute atomic E-state index is 12.4. The summed E-state index contributed by atoms with van der Waals surface area (Å²) in [5.41, 5.74) is 0.522. The number of ether oxygens (including phenoxy) is 2. The highest BCUT2D eigenvalue weighted by Crippen LogP contribution is 2.31. The van der Waals surface area contributed by atoms with Gasteiger partial charge in [0.15, 0.2) is 0 Å². The second-order valence-corrected chi connectivity index (χ2v) is 6.10. The van der Waals surface area contributed by atoms with Crippen molar-refractivity contribution < 1.29 is 19.1 Å². The van der Waals surface area contributed by atoms with Crippen LogP contribution in [0.4, 0.5) is 4.79 Å². The Labute approximate surface area is 138 Å². The van der Waals surface area contributed by atoms with Crippen LogP contribution in [0.2, 0.25) is 0 Å². The number of esters is 1. The molecule has 0 radical (unpaired) electrons. The van der Waals surface area contributed by atoms with Gasteiger partial charge in [-0.2, -0.15) is 0 Å². The molecule has 1 aromatic carbocycles. The van der Waals surface area contributed by atoms with E-state index in [0.717, 1.165) is 12.0 Å². The quantitative estimate of drug-likeness (QED) is 0.588. The summed E-state index contributed by atoms with van der Waals surface area (Å²) in [6.45, 7) is 8.99. The van der Waals surface area contributed by atoms with E-state index in [1.807, 2.05) is 44.2 Å².